The highest BCUT2D eigenvalue weighted by atomic mass is 35.5. The monoisotopic (exact) mass is 540 g/mol. The van der Waals surface area contributed by atoms with Crippen molar-refractivity contribution in [3.63, 3.8) is 0 Å². The number of rotatable bonds is 6. The highest BCUT2D eigenvalue weighted by Gasteiger charge is 2.35. The smallest absolute Gasteiger partial charge is 0.256 e. The van der Waals surface area contributed by atoms with Crippen molar-refractivity contribution in [3.05, 3.63) is 76.0 Å². The molecule has 5 rings (SSSR count). The lowest BCUT2D eigenvalue weighted by atomic mass is 9.91. The molecule has 0 radical (unpaired) electrons. The Labute approximate surface area is 225 Å². The van der Waals surface area contributed by atoms with Crippen LogP contribution in [0.2, 0.25) is 10.0 Å². The first-order valence-electron chi connectivity index (χ1n) is 12.0. The molecule has 10 heteroatoms. The summed E-state index contributed by atoms with van der Waals surface area (Å²) < 4.78 is 11.4. The van der Waals surface area contributed by atoms with Crippen LogP contribution in [0.4, 0.5) is 11.4 Å². The second kappa shape index (κ2) is 10.9. The van der Waals surface area contributed by atoms with Gasteiger partial charge in [0.15, 0.2) is 11.5 Å². The number of pyridine rings is 1. The topological polar surface area (TPSA) is 84.0 Å². The number of methoxy groups -OCH3 is 1. The Morgan fingerprint density at radius 2 is 1.76 bits per heavy atom. The maximum Gasteiger partial charge on any atom is 0.256 e. The number of amides is 2. The van der Waals surface area contributed by atoms with Gasteiger partial charge in [-0.3, -0.25) is 14.6 Å². The van der Waals surface area contributed by atoms with Gasteiger partial charge in [0.25, 0.3) is 5.91 Å². The summed E-state index contributed by atoms with van der Waals surface area (Å²) in [4.78, 5) is 34.7. The van der Waals surface area contributed by atoms with Crippen LogP contribution in [0.3, 0.4) is 0 Å². The molecule has 3 heterocycles. The lowest BCUT2D eigenvalue weighted by Crippen LogP contribution is -2.49. The van der Waals surface area contributed by atoms with Crippen molar-refractivity contribution >= 4 is 46.4 Å². The zero-order valence-electron chi connectivity index (χ0n) is 20.2. The van der Waals surface area contributed by atoms with Crippen LogP contribution < -0.4 is 19.7 Å². The normalized spacial score (nSPS) is 16.7. The van der Waals surface area contributed by atoms with E-state index in [-0.39, 0.29) is 40.6 Å². The number of hydrogen-bond donors (Lipinski definition) is 1. The molecule has 2 aromatic carbocycles. The first-order valence-corrected chi connectivity index (χ1v) is 12.7. The molecule has 0 aliphatic carbocycles. The van der Waals surface area contributed by atoms with Crippen LogP contribution in [0.5, 0.6) is 11.5 Å². The Balaban J connectivity index is 1.33. The van der Waals surface area contributed by atoms with Gasteiger partial charge in [0.2, 0.25) is 5.91 Å². The van der Waals surface area contributed by atoms with E-state index in [0.717, 1.165) is 18.8 Å². The number of benzene rings is 2. The summed E-state index contributed by atoms with van der Waals surface area (Å²) >= 11 is 12.4. The fourth-order valence-corrected chi connectivity index (χ4v) is 5.28. The summed E-state index contributed by atoms with van der Waals surface area (Å²) in [6.07, 6.45) is 3.04. The van der Waals surface area contributed by atoms with E-state index in [2.05, 4.69) is 27.3 Å². The van der Waals surface area contributed by atoms with Gasteiger partial charge in [0.1, 0.15) is 0 Å². The van der Waals surface area contributed by atoms with Crippen LogP contribution in [0.25, 0.3) is 0 Å². The molecule has 192 valence electrons. The minimum atomic E-state index is -0.409. The molecule has 2 aliphatic heterocycles. The summed E-state index contributed by atoms with van der Waals surface area (Å²) in [5, 5.41) is 3.23. The van der Waals surface area contributed by atoms with E-state index >= 15 is 0 Å². The molecule has 1 N–H and O–H groups in total. The van der Waals surface area contributed by atoms with E-state index in [1.807, 2.05) is 23.1 Å². The molecule has 0 spiro atoms. The van der Waals surface area contributed by atoms with Gasteiger partial charge >= 0.3 is 0 Å². The number of nitrogens with one attached hydrogen (secondary N) is 1. The van der Waals surface area contributed by atoms with Crippen molar-refractivity contribution in [2.75, 3.05) is 50.1 Å². The Hall–Kier alpha value is -3.49. The molecule has 0 bridgehead atoms. The Morgan fingerprint density at radius 3 is 2.43 bits per heavy atom. The second-order valence-corrected chi connectivity index (χ2v) is 9.72. The predicted molar refractivity (Wildman–Crippen MR) is 143 cm³/mol. The highest BCUT2D eigenvalue weighted by molar-refractivity contribution is 6.39. The third-order valence-corrected chi connectivity index (χ3v) is 7.30. The van der Waals surface area contributed by atoms with Gasteiger partial charge in [-0.15, -0.1) is 0 Å². The van der Waals surface area contributed by atoms with E-state index < -0.39 is 5.91 Å². The predicted octanol–water partition coefficient (Wildman–Crippen LogP) is 4.86. The molecule has 2 amide bonds. The molecule has 1 saturated heterocycles. The quantitative estimate of drug-likeness (QED) is 0.480. The van der Waals surface area contributed by atoms with E-state index in [1.54, 1.807) is 19.2 Å². The van der Waals surface area contributed by atoms with Gasteiger partial charge in [0.05, 0.1) is 29.4 Å². The number of aromatic nitrogens is 1. The molecular formula is C27H26Cl2N4O4. The third kappa shape index (κ3) is 5.17. The van der Waals surface area contributed by atoms with Crippen molar-refractivity contribution in [2.24, 2.45) is 0 Å². The summed E-state index contributed by atoms with van der Waals surface area (Å²) in [7, 11) is 1.54. The van der Waals surface area contributed by atoms with Crippen LogP contribution in [-0.4, -0.2) is 61.6 Å². The van der Waals surface area contributed by atoms with Crippen LogP contribution in [0.1, 0.15) is 28.3 Å². The van der Waals surface area contributed by atoms with Gasteiger partial charge in [-0.2, -0.15) is 0 Å². The molecule has 2 aliphatic rings. The maximum atomic E-state index is 13.3. The van der Waals surface area contributed by atoms with Crippen molar-refractivity contribution in [1.82, 2.24) is 9.88 Å². The Bertz CT molecular complexity index is 1290. The van der Waals surface area contributed by atoms with E-state index in [1.165, 1.54) is 12.4 Å². The van der Waals surface area contributed by atoms with Crippen molar-refractivity contribution in [3.8, 4) is 11.5 Å². The molecule has 1 atom stereocenters. The van der Waals surface area contributed by atoms with Crippen LogP contribution in [0, 0.1) is 0 Å². The molecule has 37 heavy (non-hydrogen) atoms. The summed E-state index contributed by atoms with van der Waals surface area (Å²) in [6, 6.07) is 13.5. The number of anilines is 2. The average molecular weight is 541 g/mol. The summed E-state index contributed by atoms with van der Waals surface area (Å²) in [5.41, 5.74) is 2.46. The molecular weight excluding hydrogens is 515 g/mol. The Kier molecular flexibility index (Phi) is 7.39. The van der Waals surface area contributed by atoms with Gasteiger partial charge in [-0.05, 0) is 24.3 Å². The van der Waals surface area contributed by atoms with Crippen LogP contribution >= 0.6 is 23.2 Å². The number of para-hydroxylation sites is 1. The number of ether oxygens (including phenoxy) is 2. The average Bonchev–Trinajstić information content (AvgIpc) is 3.34. The zero-order chi connectivity index (χ0) is 25.9. The number of carbonyl (C=O) groups is 2. The minimum absolute atomic E-state index is 0.0311. The largest absolute Gasteiger partial charge is 0.493 e. The first-order chi connectivity index (χ1) is 18.0. The van der Waals surface area contributed by atoms with E-state index in [9.17, 15) is 9.59 Å². The fourth-order valence-electron chi connectivity index (χ4n) is 4.83. The fraction of sp³-hybridized carbons (Fsp3) is 0.296. The molecule has 1 aromatic heterocycles. The summed E-state index contributed by atoms with van der Waals surface area (Å²) in [6.45, 7) is 3.09. The molecule has 3 aromatic rings. The number of hydrogen-bond acceptors (Lipinski definition) is 6. The molecule has 0 saturated carbocycles. The van der Waals surface area contributed by atoms with Crippen LogP contribution in [-0.2, 0) is 4.79 Å². The number of nitrogens with zero attached hydrogens (tertiary/aromatic N) is 3. The lowest BCUT2D eigenvalue weighted by molar-refractivity contribution is -0.132. The first kappa shape index (κ1) is 25.2. The number of carbonyl (C=O) groups excluding carboxylic acids is 2. The second-order valence-electron chi connectivity index (χ2n) is 8.91. The third-order valence-electron chi connectivity index (χ3n) is 6.73. The van der Waals surface area contributed by atoms with Gasteiger partial charge in [-0.1, -0.05) is 41.4 Å². The standard InChI is InChI=1S/C27H26Cl2N4O4/c1-36-22-8-7-19(27(35)31-25-20(28)14-30-15-21(25)29)24-17(16-37-26(22)24)13-23(34)33-11-9-32(10-12-33)18-5-3-2-4-6-18/h2-8,14-15,17H,9-13,16H2,1H3,(H,30,31,35). The number of piperazine rings is 1. The molecule has 8 nitrogen and oxygen atoms in total. The van der Waals surface area contributed by atoms with Crippen LogP contribution in [0.15, 0.2) is 54.9 Å². The Morgan fingerprint density at radius 1 is 1.05 bits per heavy atom. The summed E-state index contributed by atoms with van der Waals surface area (Å²) in [5.74, 6) is 0.317. The SMILES string of the molecule is COc1ccc(C(=O)Nc2c(Cl)cncc2Cl)c2c1OCC2CC(=O)N1CCN(c2ccccc2)CC1. The van der Waals surface area contributed by atoms with Gasteiger partial charge in [0, 0.05) is 67.7 Å². The van der Waals surface area contributed by atoms with Gasteiger partial charge < -0.3 is 24.6 Å². The van der Waals surface area contributed by atoms with Crippen molar-refractivity contribution < 1.29 is 19.1 Å². The maximum absolute atomic E-state index is 13.3. The highest BCUT2D eigenvalue weighted by Crippen LogP contribution is 2.45. The number of fused-ring (bicyclic) bond motifs is 1. The van der Waals surface area contributed by atoms with Crippen molar-refractivity contribution in [1.29, 1.82) is 0 Å². The van der Waals surface area contributed by atoms with E-state index in [0.29, 0.717) is 35.7 Å². The molecule has 1 unspecified atom stereocenters. The lowest BCUT2D eigenvalue weighted by Gasteiger charge is -2.36. The van der Waals surface area contributed by atoms with E-state index in [4.69, 9.17) is 32.7 Å². The molecule has 1 fully saturated rings. The number of halogens is 2. The van der Waals surface area contributed by atoms with Crippen molar-refractivity contribution in [2.45, 2.75) is 12.3 Å². The van der Waals surface area contributed by atoms with Gasteiger partial charge in [-0.25, -0.2) is 0 Å². The zero-order valence-corrected chi connectivity index (χ0v) is 21.8. The minimum Gasteiger partial charge on any atom is -0.493 e.